The highest BCUT2D eigenvalue weighted by atomic mass is 15.1. The van der Waals surface area contributed by atoms with Gasteiger partial charge in [0.1, 0.15) is 0 Å². The van der Waals surface area contributed by atoms with Gasteiger partial charge in [0.15, 0.2) is 0 Å². The molecule has 0 heterocycles. The van der Waals surface area contributed by atoms with E-state index in [9.17, 15) is 0 Å². The zero-order chi connectivity index (χ0) is 33.0. The molecule has 49 heavy (non-hydrogen) atoms. The van der Waals surface area contributed by atoms with Gasteiger partial charge in [-0.2, -0.15) is 0 Å². The Kier molecular flexibility index (Phi) is 6.95. The van der Waals surface area contributed by atoms with Gasteiger partial charge < -0.3 is 4.90 Å². The van der Waals surface area contributed by atoms with E-state index in [0.717, 1.165) is 17.8 Å². The average molecular weight is 628 g/mol. The quantitative estimate of drug-likeness (QED) is 0.177. The van der Waals surface area contributed by atoms with E-state index in [1.807, 2.05) is 0 Å². The lowest BCUT2D eigenvalue weighted by Crippen LogP contribution is -2.19. The van der Waals surface area contributed by atoms with Crippen molar-refractivity contribution in [3.63, 3.8) is 0 Å². The van der Waals surface area contributed by atoms with Crippen LogP contribution in [0.4, 0.5) is 17.1 Å². The van der Waals surface area contributed by atoms with E-state index in [1.165, 1.54) is 71.7 Å². The highest BCUT2D eigenvalue weighted by molar-refractivity contribution is 5.99. The number of nitrogens with zero attached hydrogens (tertiary/aromatic N) is 1. The highest BCUT2D eigenvalue weighted by Gasteiger charge is 2.39. The van der Waals surface area contributed by atoms with E-state index in [-0.39, 0.29) is 5.41 Å². The van der Waals surface area contributed by atoms with Gasteiger partial charge in [0.05, 0.1) is 5.69 Å². The molecule has 0 amide bonds. The van der Waals surface area contributed by atoms with Crippen LogP contribution in [-0.2, 0) is 5.41 Å². The van der Waals surface area contributed by atoms with Crippen molar-refractivity contribution in [3.05, 3.63) is 187 Å². The van der Waals surface area contributed by atoms with Gasteiger partial charge in [-0.25, -0.2) is 0 Å². The van der Waals surface area contributed by atoms with Crippen molar-refractivity contribution in [1.82, 2.24) is 0 Å². The molecule has 0 radical (unpaired) electrons. The Balaban J connectivity index is 1.22. The summed E-state index contributed by atoms with van der Waals surface area (Å²) in [6.07, 6.45) is 1.04. The summed E-state index contributed by atoms with van der Waals surface area (Å²) in [5, 5.41) is 5.06. The normalized spacial score (nSPS) is 14.9. The predicted molar refractivity (Wildman–Crippen MR) is 209 cm³/mol. The van der Waals surface area contributed by atoms with Crippen molar-refractivity contribution < 1.29 is 0 Å². The van der Waals surface area contributed by atoms with Crippen LogP contribution < -0.4 is 4.90 Å². The largest absolute Gasteiger partial charge is 0.310 e. The van der Waals surface area contributed by atoms with Gasteiger partial charge in [0.25, 0.3) is 0 Å². The van der Waals surface area contributed by atoms with Crippen LogP contribution in [-0.4, -0.2) is 0 Å². The molecule has 0 aliphatic heterocycles. The third kappa shape index (κ3) is 4.69. The Morgan fingerprint density at radius 1 is 0.429 bits per heavy atom. The minimum Gasteiger partial charge on any atom is -0.310 e. The van der Waals surface area contributed by atoms with Crippen LogP contribution in [0.25, 0.3) is 54.9 Å². The lowest BCUT2D eigenvalue weighted by atomic mass is 9.78. The van der Waals surface area contributed by atoms with Crippen molar-refractivity contribution in [2.45, 2.75) is 25.7 Å². The molecule has 1 aliphatic carbocycles. The van der Waals surface area contributed by atoms with Crippen LogP contribution in [0.1, 0.15) is 31.4 Å². The Morgan fingerprint density at radius 2 is 0.878 bits per heavy atom. The van der Waals surface area contributed by atoms with E-state index in [2.05, 4.69) is 195 Å². The first kappa shape index (κ1) is 29.2. The zero-order valence-electron chi connectivity index (χ0n) is 27.9. The maximum absolute atomic E-state index is 2.46. The second-order valence-electron chi connectivity index (χ2n) is 13.4. The third-order valence-electron chi connectivity index (χ3n) is 10.8. The van der Waals surface area contributed by atoms with Crippen LogP contribution in [0.15, 0.2) is 176 Å². The summed E-state index contributed by atoms with van der Waals surface area (Å²) in [5.74, 6) is 0. The summed E-state index contributed by atoms with van der Waals surface area (Å²) >= 11 is 0. The fourth-order valence-electron chi connectivity index (χ4n) is 8.14. The molecule has 9 rings (SSSR count). The molecule has 0 saturated heterocycles. The Hall–Kier alpha value is -5.92. The molecule has 0 aromatic heterocycles. The van der Waals surface area contributed by atoms with Crippen LogP contribution >= 0.6 is 0 Å². The van der Waals surface area contributed by atoms with Crippen LogP contribution in [0.2, 0.25) is 0 Å². The summed E-state index contributed by atoms with van der Waals surface area (Å²) in [7, 11) is 0. The topological polar surface area (TPSA) is 3.24 Å². The number of anilines is 3. The van der Waals surface area contributed by atoms with Crippen molar-refractivity contribution in [2.24, 2.45) is 0 Å². The number of fused-ring (bicyclic) bond motifs is 5. The molecule has 0 N–H and O–H groups in total. The number of hydrogen-bond acceptors (Lipinski definition) is 1. The van der Waals surface area contributed by atoms with E-state index in [4.69, 9.17) is 0 Å². The smallest absolute Gasteiger partial charge is 0.0543 e. The summed E-state index contributed by atoms with van der Waals surface area (Å²) in [6, 6.07) is 64.6. The Labute approximate surface area is 288 Å². The van der Waals surface area contributed by atoms with Gasteiger partial charge in [-0.15, -0.1) is 0 Å². The highest BCUT2D eigenvalue weighted by Crippen LogP contribution is 2.55. The second-order valence-corrected chi connectivity index (χ2v) is 13.4. The SMILES string of the molecule is CCC1(C)c2ccccc2-c2c(N(c3ccc(-c4cccc5ccccc45)cc3)c3ccc(-c4cccc5ccccc45)cc3)cccc21. The van der Waals surface area contributed by atoms with Gasteiger partial charge >= 0.3 is 0 Å². The first-order chi connectivity index (χ1) is 24.1. The van der Waals surface area contributed by atoms with Gasteiger partial charge in [0.2, 0.25) is 0 Å². The van der Waals surface area contributed by atoms with Gasteiger partial charge in [-0.1, -0.05) is 159 Å². The number of rotatable bonds is 6. The lowest BCUT2D eigenvalue weighted by Gasteiger charge is -2.30. The fourth-order valence-corrected chi connectivity index (χ4v) is 8.14. The molecule has 1 atom stereocenters. The first-order valence-corrected chi connectivity index (χ1v) is 17.3. The van der Waals surface area contributed by atoms with E-state index in [0.29, 0.717) is 0 Å². The van der Waals surface area contributed by atoms with Crippen LogP contribution in [0, 0.1) is 0 Å². The molecule has 0 bridgehead atoms. The minimum absolute atomic E-state index is 0.0376. The molecule has 8 aromatic rings. The molecule has 1 aliphatic rings. The van der Waals surface area contributed by atoms with Crippen molar-refractivity contribution >= 4 is 38.6 Å². The molecule has 1 unspecified atom stereocenters. The Bertz CT molecular complexity index is 2360. The van der Waals surface area contributed by atoms with Crippen molar-refractivity contribution in [2.75, 3.05) is 4.90 Å². The maximum Gasteiger partial charge on any atom is 0.0543 e. The Morgan fingerprint density at radius 3 is 1.45 bits per heavy atom. The fraction of sp³-hybridized carbons (Fsp3) is 0.0833. The maximum atomic E-state index is 2.46. The summed E-state index contributed by atoms with van der Waals surface area (Å²) in [4.78, 5) is 2.46. The lowest BCUT2D eigenvalue weighted by molar-refractivity contribution is 0.564. The number of hydrogen-bond donors (Lipinski definition) is 0. The first-order valence-electron chi connectivity index (χ1n) is 17.3. The summed E-state index contributed by atoms with van der Waals surface area (Å²) in [5.41, 5.74) is 13.9. The molecule has 234 valence electrons. The molecule has 0 saturated carbocycles. The second kappa shape index (κ2) is 11.6. The van der Waals surface area contributed by atoms with Gasteiger partial charge in [-0.3, -0.25) is 0 Å². The van der Waals surface area contributed by atoms with Gasteiger partial charge in [-0.05, 0) is 97.2 Å². The van der Waals surface area contributed by atoms with Gasteiger partial charge in [0, 0.05) is 22.4 Å². The van der Waals surface area contributed by atoms with E-state index in [1.54, 1.807) is 0 Å². The molecule has 0 spiro atoms. The molecule has 1 heteroatoms. The zero-order valence-corrected chi connectivity index (χ0v) is 27.9. The standard InChI is InChI=1S/C48H37N/c1-3-48(2)44-22-9-8-19-43(44)47-45(48)23-12-24-46(47)49(37-29-25-35(26-30-37)41-20-10-15-33-13-4-6-17-39(33)41)38-31-27-36(28-32-38)42-21-11-16-34-14-5-7-18-40(34)42/h4-32H,3H2,1-2H3. The summed E-state index contributed by atoms with van der Waals surface area (Å²) in [6.45, 7) is 4.72. The summed E-state index contributed by atoms with van der Waals surface area (Å²) < 4.78 is 0. The molecular weight excluding hydrogens is 591 g/mol. The van der Waals surface area contributed by atoms with E-state index < -0.39 is 0 Å². The molecule has 0 fully saturated rings. The average Bonchev–Trinajstić information content (AvgIpc) is 3.44. The van der Waals surface area contributed by atoms with E-state index >= 15 is 0 Å². The van der Waals surface area contributed by atoms with Crippen LogP contribution in [0.5, 0.6) is 0 Å². The monoisotopic (exact) mass is 627 g/mol. The molecule has 8 aromatic carbocycles. The number of benzene rings is 8. The molecule has 1 nitrogen and oxygen atoms in total. The van der Waals surface area contributed by atoms with Crippen LogP contribution in [0.3, 0.4) is 0 Å². The minimum atomic E-state index is -0.0376. The third-order valence-corrected chi connectivity index (χ3v) is 10.8. The molecular formula is C48H37N. The van der Waals surface area contributed by atoms with Crippen molar-refractivity contribution in [3.8, 4) is 33.4 Å². The predicted octanol–water partition coefficient (Wildman–Crippen LogP) is 13.5. The van der Waals surface area contributed by atoms with Crippen molar-refractivity contribution in [1.29, 1.82) is 0 Å².